The van der Waals surface area contributed by atoms with Gasteiger partial charge in [0.1, 0.15) is 0 Å². The summed E-state index contributed by atoms with van der Waals surface area (Å²) in [6, 6.07) is 11.6. The van der Waals surface area contributed by atoms with Crippen molar-refractivity contribution >= 4 is 11.6 Å². The number of benzene rings is 2. The Kier molecular flexibility index (Phi) is 5.29. The third kappa shape index (κ3) is 4.64. The van der Waals surface area contributed by atoms with Crippen LogP contribution < -0.4 is 10.6 Å². The van der Waals surface area contributed by atoms with E-state index >= 15 is 0 Å². The fourth-order valence-corrected chi connectivity index (χ4v) is 2.66. The summed E-state index contributed by atoms with van der Waals surface area (Å²) in [5.74, 6) is 5.68. The molecule has 0 aliphatic carbocycles. The summed E-state index contributed by atoms with van der Waals surface area (Å²) in [7, 11) is 0. The van der Waals surface area contributed by atoms with E-state index in [4.69, 9.17) is 0 Å². The number of anilines is 1. The monoisotopic (exact) mass is 358 g/mol. The number of carbonyl (C=O) groups is 1. The van der Waals surface area contributed by atoms with Crippen molar-refractivity contribution in [3.63, 3.8) is 0 Å². The molecule has 1 fully saturated rings. The molecule has 1 amide bonds. The van der Waals surface area contributed by atoms with Crippen LogP contribution in [0.4, 0.5) is 18.9 Å². The second-order valence-corrected chi connectivity index (χ2v) is 6.04. The first kappa shape index (κ1) is 18.0. The normalized spacial score (nSPS) is 16.7. The molecule has 0 saturated carbocycles. The molecule has 0 bridgehead atoms. The molecule has 3 nitrogen and oxygen atoms in total. The lowest BCUT2D eigenvalue weighted by molar-refractivity contribution is -0.137. The van der Waals surface area contributed by atoms with Gasteiger partial charge < -0.3 is 10.6 Å². The SMILES string of the molecule is O=C(Nc1ccc(C#Cc2ccc(C(F)(F)F)cc2)cc1)[C@H]1CCCN1. The van der Waals surface area contributed by atoms with Gasteiger partial charge in [0.25, 0.3) is 0 Å². The minimum absolute atomic E-state index is 0.0499. The van der Waals surface area contributed by atoms with Crippen LogP contribution in [-0.4, -0.2) is 18.5 Å². The molecule has 1 aliphatic heterocycles. The topological polar surface area (TPSA) is 41.1 Å². The molecule has 1 aliphatic rings. The Bertz CT molecular complexity index is 825. The molecule has 0 spiro atoms. The number of hydrogen-bond donors (Lipinski definition) is 2. The molecule has 0 radical (unpaired) electrons. The predicted octanol–water partition coefficient (Wildman–Crippen LogP) is 3.80. The highest BCUT2D eigenvalue weighted by Crippen LogP contribution is 2.28. The molecule has 3 rings (SSSR count). The summed E-state index contributed by atoms with van der Waals surface area (Å²) in [6.45, 7) is 0.858. The second kappa shape index (κ2) is 7.63. The number of halogens is 3. The minimum atomic E-state index is -4.35. The fourth-order valence-electron chi connectivity index (χ4n) is 2.66. The van der Waals surface area contributed by atoms with E-state index in [2.05, 4.69) is 22.5 Å². The van der Waals surface area contributed by atoms with Gasteiger partial charge in [0.05, 0.1) is 11.6 Å². The van der Waals surface area contributed by atoms with Crippen molar-refractivity contribution in [1.29, 1.82) is 0 Å². The fraction of sp³-hybridized carbons (Fsp3) is 0.250. The van der Waals surface area contributed by atoms with Gasteiger partial charge in [0.15, 0.2) is 0 Å². The van der Waals surface area contributed by atoms with Crippen molar-refractivity contribution in [2.75, 3.05) is 11.9 Å². The van der Waals surface area contributed by atoms with Gasteiger partial charge in [-0.15, -0.1) is 0 Å². The zero-order valence-corrected chi connectivity index (χ0v) is 13.9. The minimum Gasteiger partial charge on any atom is -0.325 e. The van der Waals surface area contributed by atoms with Crippen LogP contribution in [0.1, 0.15) is 29.5 Å². The van der Waals surface area contributed by atoms with Gasteiger partial charge in [-0.25, -0.2) is 0 Å². The van der Waals surface area contributed by atoms with Gasteiger partial charge in [0.2, 0.25) is 5.91 Å². The molecule has 2 aromatic rings. The van der Waals surface area contributed by atoms with Gasteiger partial charge in [-0.1, -0.05) is 11.8 Å². The van der Waals surface area contributed by atoms with Gasteiger partial charge in [-0.2, -0.15) is 13.2 Å². The van der Waals surface area contributed by atoms with Crippen molar-refractivity contribution in [3.8, 4) is 11.8 Å². The quantitative estimate of drug-likeness (QED) is 0.802. The van der Waals surface area contributed by atoms with Crippen LogP contribution in [-0.2, 0) is 11.0 Å². The molecule has 1 heterocycles. The van der Waals surface area contributed by atoms with E-state index < -0.39 is 11.7 Å². The molecular weight excluding hydrogens is 341 g/mol. The Morgan fingerprint density at radius 1 is 1.00 bits per heavy atom. The summed E-state index contributed by atoms with van der Waals surface area (Å²) in [5.41, 5.74) is 1.20. The molecule has 2 N–H and O–H groups in total. The van der Waals surface area contributed by atoms with Crippen LogP contribution in [0.15, 0.2) is 48.5 Å². The van der Waals surface area contributed by atoms with Crippen molar-refractivity contribution in [2.45, 2.75) is 25.1 Å². The number of rotatable bonds is 2. The summed E-state index contributed by atoms with van der Waals surface area (Å²) in [4.78, 5) is 12.0. The van der Waals surface area contributed by atoms with E-state index in [9.17, 15) is 18.0 Å². The number of nitrogens with one attached hydrogen (secondary N) is 2. The van der Waals surface area contributed by atoms with Crippen LogP contribution in [0.2, 0.25) is 0 Å². The lowest BCUT2D eigenvalue weighted by atomic mass is 10.1. The maximum Gasteiger partial charge on any atom is 0.416 e. The largest absolute Gasteiger partial charge is 0.416 e. The average molecular weight is 358 g/mol. The van der Waals surface area contributed by atoms with E-state index in [1.54, 1.807) is 24.3 Å². The first-order valence-corrected chi connectivity index (χ1v) is 8.25. The van der Waals surface area contributed by atoms with Crippen LogP contribution >= 0.6 is 0 Å². The maximum absolute atomic E-state index is 12.5. The number of amides is 1. The zero-order chi connectivity index (χ0) is 18.6. The van der Waals surface area contributed by atoms with Crippen LogP contribution in [0.5, 0.6) is 0 Å². The molecule has 134 valence electrons. The van der Waals surface area contributed by atoms with Crippen molar-refractivity contribution < 1.29 is 18.0 Å². The number of hydrogen-bond acceptors (Lipinski definition) is 2. The molecular formula is C20H17F3N2O. The lowest BCUT2D eigenvalue weighted by Gasteiger charge is -2.10. The summed E-state index contributed by atoms with van der Waals surface area (Å²) < 4.78 is 37.6. The smallest absolute Gasteiger partial charge is 0.325 e. The zero-order valence-electron chi connectivity index (χ0n) is 13.9. The van der Waals surface area contributed by atoms with Gasteiger partial charge in [-0.3, -0.25) is 4.79 Å². The highest BCUT2D eigenvalue weighted by Gasteiger charge is 2.29. The third-order valence-corrected chi connectivity index (χ3v) is 4.09. The van der Waals surface area contributed by atoms with Gasteiger partial charge in [0, 0.05) is 16.8 Å². The van der Waals surface area contributed by atoms with Crippen LogP contribution in [0, 0.1) is 11.8 Å². The standard InChI is InChI=1S/C20H17F3N2O/c21-20(22,23)16-9-5-14(6-10-16)3-4-15-7-11-17(12-8-15)25-19(26)18-2-1-13-24-18/h5-12,18,24H,1-2,13H2,(H,25,26)/t18-/m1/s1. The number of carbonyl (C=O) groups excluding carboxylic acids is 1. The molecule has 26 heavy (non-hydrogen) atoms. The Labute approximate surface area is 149 Å². The van der Waals surface area contributed by atoms with Gasteiger partial charge >= 0.3 is 6.18 Å². The highest BCUT2D eigenvalue weighted by atomic mass is 19.4. The van der Waals surface area contributed by atoms with E-state index in [1.807, 2.05) is 0 Å². The number of alkyl halides is 3. The lowest BCUT2D eigenvalue weighted by Crippen LogP contribution is -2.35. The summed E-state index contributed by atoms with van der Waals surface area (Å²) in [5, 5.41) is 5.98. The van der Waals surface area contributed by atoms with Gasteiger partial charge in [-0.05, 0) is 67.9 Å². The predicted molar refractivity (Wildman–Crippen MR) is 93.5 cm³/mol. The second-order valence-electron chi connectivity index (χ2n) is 6.04. The molecule has 0 aromatic heterocycles. The molecule has 1 atom stereocenters. The van der Waals surface area contributed by atoms with Crippen molar-refractivity contribution in [1.82, 2.24) is 5.32 Å². The highest BCUT2D eigenvalue weighted by molar-refractivity contribution is 5.95. The Hall–Kier alpha value is -2.78. The van der Waals surface area contributed by atoms with Crippen molar-refractivity contribution in [3.05, 3.63) is 65.2 Å². The van der Waals surface area contributed by atoms with Crippen LogP contribution in [0.3, 0.4) is 0 Å². The van der Waals surface area contributed by atoms with Crippen molar-refractivity contribution in [2.24, 2.45) is 0 Å². The first-order chi connectivity index (χ1) is 12.4. The summed E-state index contributed by atoms with van der Waals surface area (Å²) in [6.07, 6.45) is -2.51. The molecule has 2 aromatic carbocycles. The summed E-state index contributed by atoms with van der Waals surface area (Å²) >= 11 is 0. The van der Waals surface area contributed by atoms with Crippen LogP contribution in [0.25, 0.3) is 0 Å². The maximum atomic E-state index is 12.5. The van der Waals surface area contributed by atoms with E-state index in [0.29, 0.717) is 16.8 Å². The molecule has 1 saturated heterocycles. The molecule has 0 unspecified atom stereocenters. The van der Waals surface area contributed by atoms with E-state index in [1.165, 1.54) is 12.1 Å². The van der Waals surface area contributed by atoms with E-state index in [0.717, 1.165) is 31.5 Å². The van der Waals surface area contributed by atoms with E-state index in [-0.39, 0.29) is 11.9 Å². The Morgan fingerprint density at radius 2 is 1.58 bits per heavy atom. The molecule has 6 heteroatoms. The first-order valence-electron chi connectivity index (χ1n) is 8.25. The third-order valence-electron chi connectivity index (χ3n) is 4.09. The Morgan fingerprint density at radius 3 is 2.08 bits per heavy atom. The average Bonchev–Trinajstić information content (AvgIpc) is 3.15. The Balaban J connectivity index is 1.62.